The lowest BCUT2D eigenvalue weighted by Gasteiger charge is -2.16. The highest BCUT2D eigenvalue weighted by Crippen LogP contribution is 2.40. The molecule has 148 valence electrons. The molecule has 0 aromatic heterocycles. The van der Waals surface area contributed by atoms with Crippen LogP contribution in [0.4, 0.5) is 0 Å². The van der Waals surface area contributed by atoms with Crippen LogP contribution in [0.3, 0.4) is 0 Å². The molecule has 0 bridgehead atoms. The van der Waals surface area contributed by atoms with Crippen LogP contribution in [0.25, 0.3) is 21.5 Å². The van der Waals surface area contributed by atoms with Crippen LogP contribution in [0.15, 0.2) is 30.3 Å². The van der Waals surface area contributed by atoms with E-state index in [4.69, 9.17) is 23.7 Å². The van der Waals surface area contributed by atoms with E-state index in [0.29, 0.717) is 29.6 Å². The fraction of sp³-hybridized carbons (Fsp3) is 0.318. The highest BCUT2D eigenvalue weighted by atomic mass is 16.5. The monoisotopic (exact) mass is 384 g/mol. The molecule has 6 heteroatoms. The van der Waals surface area contributed by atoms with Crippen molar-refractivity contribution in [2.24, 2.45) is 0 Å². The molecule has 0 radical (unpaired) electrons. The Morgan fingerprint density at radius 3 is 1.54 bits per heavy atom. The van der Waals surface area contributed by atoms with E-state index in [-0.39, 0.29) is 12.4 Å². The van der Waals surface area contributed by atoms with Gasteiger partial charge in [0.15, 0.2) is 23.0 Å². The third-order valence-electron chi connectivity index (χ3n) is 4.70. The van der Waals surface area contributed by atoms with Crippen molar-refractivity contribution in [2.45, 2.75) is 13.3 Å². The summed E-state index contributed by atoms with van der Waals surface area (Å²) < 4.78 is 27.0. The van der Waals surface area contributed by atoms with Crippen LogP contribution in [-0.2, 0) is 16.0 Å². The molecule has 0 aliphatic rings. The number of methoxy groups -OCH3 is 4. The van der Waals surface area contributed by atoms with Crippen LogP contribution < -0.4 is 18.9 Å². The van der Waals surface area contributed by atoms with Gasteiger partial charge < -0.3 is 23.7 Å². The molecule has 0 heterocycles. The van der Waals surface area contributed by atoms with Gasteiger partial charge in [0.05, 0.1) is 41.5 Å². The minimum Gasteiger partial charge on any atom is -0.493 e. The summed E-state index contributed by atoms with van der Waals surface area (Å²) >= 11 is 0. The lowest BCUT2D eigenvalue weighted by Crippen LogP contribution is -2.08. The number of hydrogen-bond donors (Lipinski definition) is 0. The highest BCUT2D eigenvalue weighted by Gasteiger charge is 2.18. The lowest BCUT2D eigenvalue weighted by molar-refractivity contribution is -0.142. The number of carbonyl (C=O) groups is 1. The Hall–Kier alpha value is -3.15. The maximum atomic E-state index is 12.3. The van der Waals surface area contributed by atoms with Gasteiger partial charge in [-0.3, -0.25) is 4.79 Å². The number of fused-ring (bicyclic) bond motifs is 2. The van der Waals surface area contributed by atoms with E-state index in [1.807, 2.05) is 30.3 Å². The SMILES string of the molecule is CCOC(=O)Cc1c2cc(OC)c(OC)cc2cc2cc(OC)c(OC)cc12. The van der Waals surface area contributed by atoms with Crippen molar-refractivity contribution in [2.75, 3.05) is 35.0 Å². The molecular formula is C22H24O6. The molecule has 3 aromatic carbocycles. The number of ether oxygens (including phenoxy) is 5. The molecule has 0 aliphatic heterocycles. The maximum absolute atomic E-state index is 12.3. The van der Waals surface area contributed by atoms with Crippen molar-refractivity contribution in [1.82, 2.24) is 0 Å². The van der Waals surface area contributed by atoms with E-state index in [0.717, 1.165) is 27.1 Å². The smallest absolute Gasteiger partial charge is 0.310 e. The molecule has 0 atom stereocenters. The molecule has 0 unspecified atom stereocenters. The summed E-state index contributed by atoms with van der Waals surface area (Å²) in [7, 11) is 6.36. The second kappa shape index (κ2) is 8.25. The zero-order valence-electron chi connectivity index (χ0n) is 16.8. The summed E-state index contributed by atoms with van der Waals surface area (Å²) in [6, 6.07) is 9.61. The molecule has 0 saturated heterocycles. The van der Waals surface area contributed by atoms with Crippen LogP contribution in [-0.4, -0.2) is 41.0 Å². The summed E-state index contributed by atoms with van der Waals surface area (Å²) in [5.41, 5.74) is 0.841. The normalized spacial score (nSPS) is 10.8. The molecular weight excluding hydrogens is 360 g/mol. The largest absolute Gasteiger partial charge is 0.493 e. The van der Waals surface area contributed by atoms with Crippen molar-refractivity contribution in [3.63, 3.8) is 0 Å². The lowest BCUT2D eigenvalue weighted by atomic mass is 9.94. The first-order chi connectivity index (χ1) is 13.6. The molecule has 3 rings (SSSR count). The van der Waals surface area contributed by atoms with Crippen molar-refractivity contribution >= 4 is 27.5 Å². The van der Waals surface area contributed by atoms with Crippen LogP contribution in [0, 0.1) is 0 Å². The maximum Gasteiger partial charge on any atom is 0.310 e. The molecule has 0 spiro atoms. The van der Waals surface area contributed by atoms with E-state index < -0.39 is 0 Å². The summed E-state index contributed by atoms with van der Waals surface area (Å²) in [6.07, 6.45) is 0.132. The quantitative estimate of drug-likeness (QED) is 0.451. The Kier molecular flexibility index (Phi) is 5.78. The van der Waals surface area contributed by atoms with E-state index in [9.17, 15) is 4.79 Å². The van der Waals surface area contributed by atoms with Crippen LogP contribution in [0.5, 0.6) is 23.0 Å². The average molecular weight is 384 g/mol. The fourth-order valence-corrected chi connectivity index (χ4v) is 3.41. The molecule has 3 aromatic rings. The van der Waals surface area contributed by atoms with Crippen LogP contribution in [0.2, 0.25) is 0 Å². The number of carbonyl (C=O) groups excluding carboxylic acids is 1. The van der Waals surface area contributed by atoms with Gasteiger partial charge in [-0.05, 0) is 64.4 Å². The van der Waals surface area contributed by atoms with Gasteiger partial charge in [-0.1, -0.05) is 0 Å². The summed E-state index contributed by atoms with van der Waals surface area (Å²) in [5, 5.41) is 3.64. The van der Waals surface area contributed by atoms with Gasteiger partial charge in [0.2, 0.25) is 0 Å². The molecule has 0 N–H and O–H groups in total. The predicted octanol–water partition coefficient (Wildman–Crippen LogP) is 4.13. The van der Waals surface area contributed by atoms with Gasteiger partial charge in [0.1, 0.15) is 0 Å². The average Bonchev–Trinajstić information content (AvgIpc) is 2.71. The Labute approximate surface area is 163 Å². The third kappa shape index (κ3) is 3.50. The molecule has 28 heavy (non-hydrogen) atoms. The first-order valence-electron chi connectivity index (χ1n) is 8.95. The van der Waals surface area contributed by atoms with Gasteiger partial charge in [-0.15, -0.1) is 0 Å². The number of esters is 1. The summed E-state index contributed by atoms with van der Waals surface area (Å²) in [4.78, 5) is 12.3. The molecule has 0 amide bonds. The van der Waals surface area contributed by atoms with Crippen molar-refractivity contribution in [3.8, 4) is 23.0 Å². The summed E-state index contributed by atoms with van der Waals surface area (Å²) in [6.45, 7) is 2.12. The second-order valence-electron chi connectivity index (χ2n) is 6.19. The second-order valence-corrected chi connectivity index (χ2v) is 6.19. The van der Waals surface area contributed by atoms with Gasteiger partial charge >= 0.3 is 5.97 Å². The number of rotatable bonds is 7. The van der Waals surface area contributed by atoms with Crippen molar-refractivity contribution in [3.05, 3.63) is 35.9 Å². The van der Waals surface area contributed by atoms with Crippen LogP contribution >= 0.6 is 0 Å². The van der Waals surface area contributed by atoms with E-state index >= 15 is 0 Å². The molecule has 0 saturated carbocycles. The molecule has 0 aliphatic carbocycles. The van der Waals surface area contributed by atoms with Gasteiger partial charge in [0, 0.05) is 0 Å². The summed E-state index contributed by atoms with van der Waals surface area (Å²) in [5.74, 6) is 2.15. The minimum atomic E-state index is -0.291. The Balaban J connectivity index is 2.38. The van der Waals surface area contributed by atoms with Crippen molar-refractivity contribution in [1.29, 1.82) is 0 Å². The van der Waals surface area contributed by atoms with E-state index in [2.05, 4.69) is 0 Å². The Morgan fingerprint density at radius 1 is 0.714 bits per heavy atom. The first-order valence-corrected chi connectivity index (χ1v) is 8.95. The van der Waals surface area contributed by atoms with E-state index in [1.165, 1.54) is 0 Å². The Morgan fingerprint density at radius 2 is 1.14 bits per heavy atom. The topological polar surface area (TPSA) is 63.2 Å². The van der Waals surface area contributed by atoms with Gasteiger partial charge in [0.25, 0.3) is 0 Å². The standard InChI is InChI=1S/C22H24O6/c1-6-28-22(23)12-17-15-10-20(26-4)18(24-2)8-13(15)7-14-9-19(25-3)21(27-5)11-16(14)17/h7-11H,6,12H2,1-5H3. The van der Waals surface area contributed by atoms with Gasteiger partial charge in [-0.25, -0.2) is 0 Å². The zero-order valence-corrected chi connectivity index (χ0v) is 16.8. The minimum absolute atomic E-state index is 0.132. The van der Waals surface area contributed by atoms with Crippen molar-refractivity contribution < 1.29 is 28.5 Å². The third-order valence-corrected chi connectivity index (χ3v) is 4.70. The molecule has 0 fully saturated rings. The van der Waals surface area contributed by atoms with Crippen LogP contribution in [0.1, 0.15) is 12.5 Å². The molecule has 6 nitrogen and oxygen atoms in total. The fourth-order valence-electron chi connectivity index (χ4n) is 3.41. The Bertz CT molecular complexity index is 955. The zero-order chi connectivity index (χ0) is 20.3. The first kappa shape index (κ1) is 19.6. The highest BCUT2D eigenvalue weighted by molar-refractivity contribution is 6.06. The van der Waals surface area contributed by atoms with Gasteiger partial charge in [-0.2, -0.15) is 0 Å². The number of hydrogen-bond acceptors (Lipinski definition) is 6. The number of benzene rings is 3. The predicted molar refractivity (Wildman–Crippen MR) is 108 cm³/mol. The van der Waals surface area contributed by atoms with E-state index in [1.54, 1.807) is 35.4 Å².